The van der Waals surface area contributed by atoms with Crippen LogP contribution in [0.15, 0.2) is 34.9 Å². The van der Waals surface area contributed by atoms with Crippen LogP contribution in [0.5, 0.6) is 0 Å². The molecule has 0 saturated carbocycles. The van der Waals surface area contributed by atoms with Crippen LogP contribution in [0.4, 0.5) is 5.69 Å². The van der Waals surface area contributed by atoms with Crippen molar-refractivity contribution < 1.29 is 27.3 Å². The van der Waals surface area contributed by atoms with E-state index >= 15 is 0 Å². The van der Waals surface area contributed by atoms with E-state index in [0.29, 0.717) is 23.6 Å². The fraction of sp³-hybridized carbons (Fsp3) is 0.389. The van der Waals surface area contributed by atoms with Gasteiger partial charge < -0.3 is 14.2 Å². The van der Waals surface area contributed by atoms with Crippen molar-refractivity contribution in [3.8, 4) is 0 Å². The Bertz CT molecular complexity index is 932. The zero-order valence-electron chi connectivity index (χ0n) is 15.0. The molecule has 8 nitrogen and oxygen atoms in total. The van der Waals surface area contributed by atoms with Crippen molar-refractivity contribution >= 4 is 27.4 Å². The SMILES string of the molecule is Cc1noc(C)c1C(=O)OCC(=O)N(c1ccccc1)[C@H]1CCS(=O)(=O)C1. The predicted octanol–water partition coefficient (Wildman–Crippen LogP) is 1.67. The van der Waals surface area contributed by atoms with Crippen molar-refractivity contribution in [2.24, 2.45) is 0 Å². The van der Waals surface area contributed by atoms with Gasteiger partial charge in [-0.3, -0.25) is 4.79 Å². The molecular weight excluding hydrogens is 372 g/mol. The molecule has 1 aromatic heterocycles. The van der Waals surface area contributed by atoms with Crippen LogP contribution in [-0.4, -0.2) is 49.6 Å². The number of esters is 1. The number of carbonyl (C=O) groups excluding carboxylic acids is 2. The summed E-state index contributed by atoms with van der Waals surface area (Å²) in [6.07, 6.45) is 0.348. The smallest absolute Gasteiger partial charge is 0.344 e. The summed E-state index contributed by atoms with van der Waals surface area (Å²) in [5, 5.41) is 3.69. The van der Waals surface area contributed by atoms with Gasteiger partial charge in [0.15, 0.2) is 16.4 Å². The summed E-state index contributed by atoms with van der Waals surface area (Å²) in [4.78, 5) is 26.5. The van der Waals surface area contributed by atoms with Crippen LogP contribution in [0.3, 0.4) is 0 Å². The molecule has 1 fully saturated rings. The van der Waals surface area contributed by atoms with E-state index in [2.05, 4.69) is 5.16 Å². The van der Waals surface area contributed by atoms with E-state index in [1.54, 1.807) is 44.2 Å². The second-order valence-corrected chi connectivity index (χ2v) is 8.66. The van der Waals surface area contributed by atoms with E-state index < -0.39 is 34.4 Å². The fourth-order valence-electron chi connectivity index (χ4n) is 3.17. The first kappa shape index (κ1) is 19.1. The van der Waals surface area contributed by atoms with E-state index in [9.17, 15) is 18.0 Å². The van der Waals surface area contributed by atoms with Crippen LogP contribution in [0.2, 0.25) is 0 Å². The lowest BCUT2D eigenvalue weighted by Crippen LogP contribution is -2.43. The Morgan fingerprint density at radius 1 is 1.26 bits per heavy atom. The van der Waals surface area contributed by atoms with Gasteiger partial charge in [0.1, 0.15) is 11.3 Å². The Morgan fingerprint density at radius 2 is 1.96 bits per heavy atom. The standard InChI is InChI=1S/C18H20N2O6S/c1-12-17(13(2)26-19-12)18(22)25-10-16(21)20(14-6-4-3-5-7-14)15-8-9-27(23,24)11-15/h3-7,15H,8-11H2,1-2H3/t15-/m0/s1. The van der Waals surface area contributed by atoms with Crippen LogP contribution in [0.25, 0.3) is 0 Å². The van der Waals surface area contributed by atoms with Gasteiger partial charge in [-0.2, -0.15) is 0 Å². The summed E-state index contributed by atoms with van der Waals surface area (Å²) in [6, 6.07) is 8.28. The van der Waals surface area contributed by atoms with Crippen molar-refractivity contribution in [2.75, 3.05) is 23.0 Å². The van der Waals surface area contributed by atoms with Gasteiger partial charge in [0.25, 0.3) is 5.91 Å². The Balaban J connectivity index is 1.77. The van der Waals surface area contributed by atoms with Gasteiger partial charge >= 0.3 is 5.97 Å². The van der Waals surface area contributed by atoms with Gasteiger partial charge in [0, 0.05) is 5.69 Å². The molecule has 0 spiro atoms. The molecule has 9 heteroatoms. The number of aromatic nitrogens is 1. The van der Waals surface area contributed by atoms with Gasteiger partial charge in [-0.05, 0) is 32.4 Å². The summed E-state index contributed by atoms with van der Waals surface area (Å²) in [5.41, 5.74) is 1.14. The summed E-state index contributed by atoms with van der Waals surface area (Å²) in [5.74, 6) is -0.944. The summed E-state index contributed by atoms with van der Waals surface area (Å²) >= 11 is 0. The molecule has 0 aliphatic carbocycles. The van der Waals surface area contributed by atoms with Crippen molar-refractivity contribution in [3.05, 3.63) is 47.3 Å². The number of sulfone groups is 1. The second kappa shape index (κ2) is 7.51. The maximum Gasteiger partial charge on any atom is 0.344 e. The third-order valence-corrected chi connectivity index (χ3v) is 6.19. The van der Waals surface area contributed by atoms with Gasteiger partial charge in [-0.25, -0.2) is 13.2 Å². The quantitative estimate of drug-likeness (QED) is 0.712. The predicted molar refractivity (Wildman–Crippen MR) is 97.2 cm³/mol. The van der Waals surface area contributed by atoms with E-state index in [0.717, 1.165) is 0 Å². The minimum atomic E-state index is -3.18. The number of nitrogens with zero attached hydrogens (tertiary/aromatic N) is 2. The molecule has 0 bridgehead atoms. The molecule has 3 rings (SSSR count). The van der Waals surface area contributed by atoms with Crippen LogP contribution < -0.4 is 4.90 Å². The van der Waals surface area contributed by atoms with Crippen LogP contribution in [0.1, 0.15) is 28.2 Å². The maximum absolute atomic E-state index is 12.8. The summed E-state index contributed by atoms with van der Waals surface area (Å²) in [7, 11) is -3.18. The van der Waals surface area contributed by atoms with Gasteiger partial charge in [-0.1, -0.05) is 23.4 Å². The molecule has 0 radical (unpaired) electrons. The third kappa shape index (κ3) is 4.19. The topological polar surface area (TPSA) is 107 Å². The van der Waals surface area contributed by atoms with Crippen LogP contribution in [-0.2, 0) is 19.4 Å². The summed E-state index contributed by atoms with van der Waals surface area (Å²) in [6.45, 7) is 2.68. The molecule has 1 aliphatic rings. The molecule has 1 atom stereocenters. The number of ether oxygens (including phenoxy) is 1. The average Bonchev–Trinajstić information content (AvgIpc) is 3.15. The fourth-order valence-corrected chi connectivity index (χ4v) is 4.87. The number of carbonyl (C=O) groups is 2. The molecule has 144 valence electrons. The Kier molecular flexibility index (Phi) is 5.31. The Hall–Kier alpha value is -2.68. The van der Waals surface area contributed by atoms with E-state index in [1.165, 1.54) is 4.90 Å². The highest BCUT2D eigenvalue weighted by Crippen LogP contribution is 2.25. The lowest BCUT2D eigenvalue weighted by molar-refractivity contribution is -0.122. The maximum atomic E-state index is 12.8. The highest BCUT2D eigenvalue weighted by atomic mass is 32.2. The number of para-hydroxylation sites is 1. The Labute approximate surface area is 157 Å². The van der Waals surface area contributed by atoms with E-state index in [-0.39, 0.29) is 17.1 Å². The highest BCUT2D eigenvalue weighted by molar-refractivity contribution is 7.91. The number of hydrogen-bond acceptors (Lipinski definition) is 7. The summed E-state index contributed by atoms with van der Waals surface area (Å²) < 4.78 is 33.8. The lowest BCUT2D eigenvalue weighted by atomic mass is 10.2. The first-order valence-corrected chi connectivity index (χ1v) is 10.3. The monoisotopic (exact) mass is 392 g/mol. The van der Waals surface area contributed by atoms with Crippen molar-refractivity contribution in [1.82, 2.24) is 5.16 Å². The van der Waals surface area contributed by atoms with Gasteiger partial charge in [0.05, 0.1) is 23.2 Å². The largest absolute Gasteiger partial charge is 0.452 e. The molecule has 0 N–H and O–H groups in total. The third-order valence-electron chi connectivity index (χ3n) is 4.44. The molecule has 1 saturated heterocycles. The number of rotatable bonds is 5. The highest BCUT2D eigenvalue weighted by Gasteiger charge is 2.36. The number of aryl methyl sites for hydroxylation is 2. The average molecular weight is 392 g/mol. The minimum absolute atomic E-state index is 0.0349. The van der Waals surface area contributed by atoms with E-state index in [1.807, 2.05) is 0 Å². The molecule has 0 unspecified atom stereocenters. The zero-order chi connectivity index (χ0) is 19.6. The molecule has 2 aromatic rings. The van der Waals surface area contributed by atoms with Crippen LogP contribution >= 0.6 is 0 Å². The van der Waals surface area contributed by atoms with Crippen molar-refractivity contribution in [1.29, 1.82) is 0 Å². The lowest BCUT2D eigenvalue weighted by Gasteiger charge is -2.28. The minimum Gasteiger partial charge on any atom is -0.452 e. The number of benzene rings is 1. The van der Waals surface area contributed by atoms with Crippen LogP contribution in [0, 0.1) is 13.8 Å². The van der Waals surface area contributed by atoms with Crippen molar-refractivity contribution in [2.45, 2.75) is 26.3 Å². The molecule has 1 aliphatic heterocycles. The van der Waals surface area contributed by atoms with Crippen molar-refractivity contribution in [3.63, 3.8) is 0 Å². The molecular formula is C18H20N2O6S. The molecule has 27 heavy (non-hydrogen) atoms. The number of anilines is 1. The first-order chi connectivity index (χ1) is 12.8. The molecule has 1 amide bonds. The molecule has 1 aromatic carbocycles. The van der Waals surface area contributed by atoms with Gasteiger partial charge in [0.2, 0.25) is 0 Å². The normalized spacial score (nSPS) is 18.2. The number of amides is 1. The van der Waals surface area contributed by atoms with Gasteiger partial charge in [-0.15, -0.1) is 0 Å². The molecule has 2 heterocycles. The van der Waals surface area contributed by atoms with E-state index in [4.69, 9.17) is 9.26 Å². The first-order valence-electron chi connectivity index (χ1n) is 8.46. The second-order valence-electron chi connectivity index (χ2n) is 6.43. The number of hydrogen-bond donors (Lipinski definition) is 0. The zero-order valence-corrected chi connectivity index (χ0v) is 15.9. The Morgan fingerprint density at radius 3 is 2.52 bits per heavy atom.